The van der Waals surface area contributed by atoms with Gasteiger partial charge in [-0.3, -0.25) is 9.80 Å². The normalized spacial score (nSPS) is 18.1. The van der Waals surface area contributed by atoms with Crippen LogP contribution in [0.15, 0.2) is 18.2 Å². The van der Waals surface area contributed by atoms with E-state index in [1.54, 1.807) is 0 Å². The number of benzene rings is 1. The van der Waals surface area contributed by atoms with Crippen molar-refractivity contribution in [3.05, 3.63) is 34.9 Å². The fraction of sp³-hybridized carbons (Fsp3) is 0.647. The van der Waals surface area contributed by atoms with Gasteiger partial charge in [0.15, 0.2) is 0 Å². The van der Waals surface area contributed by atoms with E-state index in [-0.39, 0.29) is 6.61 Å². The summed E-state index contributed by atoms with van der Waals surface area (Å²) in [5, 5.41) is 12.7. The number of piperazine rings is 1. The predicted octanol–water partition coefficient (Wildman–Crippen LogP) is 1.17. The van der Waals surface area contributed by atoms with Crippen molar-refractivity contribution in [3.63, 3.8) is 0 Å². The minimum atomic E-state index is 0.208. The van der Waals surface area contributed by atoms with E-state index in [4.69, 9.17) is 0 Å². The van der Waals surface area contributed by atoms with Crippen LogP contribution in [0.1, 0.15) is 22.7 Å². The van der Waals surface area contributed by atoms with Gasteiger partial charge < -0.3 is 10.4 Å². The van der Waals surface area contributed by atoms with Crippen LogP contribution in [0, 0.1) is 13.8 Å². The summed E-state index contributed by atoms with van der Waals surface area (Å²) in [4.78, 5) is 4.79. The summed E-state index contributed by atoms with van der Waals surface area (Å²) in [6, 6.07) is 7.09. The molecule has 118 valence electrons. The number of aliphatic hydroxyl groups is 1. The van der Waals surface area contributed by atoms with Crippen molar-refractivity contribution < 1.29 is 5.11 Å². The highest BCUT2D eigenvalue weighted by molar-refractivity contribution is 5.32. The lowest BCUT2D eigenvalue weighted by Crippen LogP contribution is -2.47. The molecular weight excluding hydrogens is 262 g/mol. The number of rotatable bonds is 6. The Bertz CT molecular complexity index is 444. The van der Waals surface area contributed by atoms with Crippen LogP contribution in [-0.2, 0) is 0 Å². The quantitative estimate of drug-likeness (QED) is 0.825. The summed E-state index contributed by atoms with van der Waals surface area (Å²) >= 11 is 0. The van der Waals surface area contributed by atoms with Gasteiger partial charge in [-0.1, -0.05) is 18.2 Å². The topological polar surface area (TPSA) is 38.7 Å². The molecule has 0 amide bonds. The number of hydrogen-bond acceptors (Lipinski definition) is 4. The minimum absolute atomic E-state index is 0.208. The van der Waals surface area contributed by atoms with Crippen molar-refractivity contribution in [1.29, 1.82) is 0 Å². The van der Waals surface area contributed by atoms with E-state index in [2.05, 4.69) is 54.2 Å². The zero-order valence-corrected chi connectivity index (χ0v) is 13.6. The van der Waals surface area contributed by atoms with Crippen LogP contribution < -0.4 is 5.32 Å². The molecule has 1 atom stereocenters. The van der Waals surface area contributed by atoms with E-state index < -0.39 is 0 Å². The first-order valence-electron chi connectivity index (χ1n) is 7.93. The summed E-state index contributed by atoms with van der Waals surface area (Å²) in [5.74, 6) is 0. The first-order valence-corrected chi connectivity index (χ1v) is 7.93. The Labute approximate surface area is 128 Å². The Morgan fingerprint density at radius 1 is 1.24 bits per heavy atom. The van der Waals surface area contributed by atoms with Gasteiger partial charge in [0, 0.05) is 45.3 Å². The molecule has 21 heavy (non-hydrogen) atoms. The maximum Gasteiger partial charge on any atom is 0.0558 e. The van der Waals surface area contributed by atoms with Gasteiger partial charge in [0.25, 0.3) is 0 Å². The second-order valence-corrected chi connectivity index (χ2v) is 6.11. The SMILES string of the molecule is Cc1ccc(C(CN2CCNCC2)N(C)CCO)cc1C. The van der Waals surface area contributed by atoms with Crippen LogP contribution in [0.4, 0.5) is 0 Å². The van der Waals surface area contributed by atoms with Crippen LogP contribution in [0.2, 0.25) is 0 Å². The van der Waals surface area contributed by atoms with E-state index in [9.17, 15) is 5.11 Å². The molecular formula is C17H29N3O. The fourth-order valence-electron chi connectivity index (χ4n) is 2.92. The van der Waals surface area contributed by atoms with Crippen molar-refractivity contribution in [1.82, 2.24) is 15.1 Å². The number of likely N-dealkylation sites (N-methyl/N-ethyl adjacent to an activating group) is 1. The first-order chi connectivity index (χ1) is 10.1. The smallest absolute Gasteiger partial charge is 0.0558 e. The Hall–Kier alpha value is -0.940. The van der Waals surface area contributed by atoms with Gasteiger partial charge in [0.1, 0.15) is 0 Å². The largest absolute Gasteiger partial charge is 0.395 e. The molecule has 1 aromatic carbocycles. The molecule has 0 radical (unpaired) electrons. The second-order valence-electron chi connectivity index (χ2n) is 6.11. The average molecular weight is 291 g/mol. The lowest BCUT2D eigenvalue weighted by molar-refractivity contribution is 0.130. The Balaban J connectivity index is 2.15. The van der Waals surface area contributed by atoms with Crippen LogP contribution >= 0.6 is 0 Å². The Kier molecular flexibility index (Phi) is 6.18. The highest BCUT2D eigenvalue weighted by atomic mass is 16.3. The number of nitrogens with one attached hydrogen (secondary N) is 1. The fourth-order valence-corrected chi connectivity index (χ4v) is 2.92. The number of aliphatic hydroxyl groups excluding tert-OH is 1. The van der Waals surface area contributed by atoms with Crippen molar-refractivity contribution in [3.8, 4) is 0 Å². The molecule has 2 rings (SSSR count). The zero-order valence-electron chi connectivity index (χ0n) is 13.6. The molecule has 1 saturated heterocycles. The van der Waals surface area contributed by atoms with E-state index in [1.165, 1.54) is 16.7 Å². The molecule has 1 unspecified atom stereocenters. The zero-order chi connectivity index (χ0) is 15.2. The highest BCUT2D eigenvalue weighted by Crippen LogP contribution is 2.23. The highest BCUT2D eigenvalue weighted by Gasteiger charge is 2.21. The van der Waals surface area contributed by atoms with E-state index in [1.807, 2.05) is 0 Å². The van der Waals surface area contributed by atoms with Crippen LogP contribution in [0.25, 0.3) is 0 Å². The summed E-state index contributed by atoms with van der Waals surface area (Å²) in [6.07, 6.45) is 0. The molecule has 0 bridgehead atoms. The Morgan fingerprint density at radius 2 is 1.95 bits per heavy atom. The molecule has 4 heteroatoms. The molecule has 1 heterocycles. The molecule has 1 aromatic rings. The second kappa shape index (κ2) is 7.90. The summed E-state index contributed by atoms with van der Waals surface area (Å²) in [5.41, 5.74) is 4.03. The summed E-state index contributed by atoms with van der Waals surface area (Å²) in [7, 11) is 2.11. The van der Waals surface area contributed by atoms with Gasteiger partial charge in [-0.2, -0.15) is 0 Å². The maximum absolute atomic E-state index is 9.27. The molecule has 0 aromatic heterocycles. The van der Waals surface area contributed by atoms with E-state index in [0.29, 0.717) is 12.6 Å². The Morgan fingerprint density at radius 3 is 2.57 bits per heavy atom. The average Bonchev–Trinajstić information content (AvgIpc) is 2.49. The van der Waals surface area contributed by atoms with E-state index >= 15 is 0 Å². The van der Waals surface area contributed by atoms with Gasteiger partial charge in [-0.15, -0.1) is 0 Å². The van der Waals surface area contributed by atoms with Crippen LogP contribution in [0.5, 0.6) is 0 Å². The molecule has 2 N–H and O–H groups in total. The molecule has 0 spiro atoms. The first kappa shape index (κ1) is 16.4. The van der Waals surface area contributed by atoms with E-state index in [0.717, 1.165) is 32.7 Å². The molecule has 1 aliphatic heterocycles. The van der Waals surface area contributed by atoms with Gasteiger partial charge >= 0.3 is 0 Å². The molecule has 1 fully saturated rings. The molecule has 0 aliphatic carbocycles. The van der Waals surface area contributed by atoms with Gasteiger partial charge in [-0.05, 0) is 37.6 Å². The summed E-state index contributed by atoms with van der Waals surface area (Å²) < 4.78 is 0. The third kappa shape index (κ3) is 4.51. The molecule has 1 aliphatic rings. The predicted molar refractivity (Wildman–Crippen MR) is 87.7 cm³/mol. The minimum Gasteiger partial charge on any atom is -0.395 e. The monoisotopic (exact) mass is 291 g/mol. The van der Waals surface area contributed by atoms with Crippen LogP contribution in [0.3, 0.4) is 0 Å². The lowest BCUT2D eigenvalue weighted by Gasteiger charge is -2.35. The lowest BCUT2D eigenvalue weighted by atomic mass is 9.99. The number of aryl methyl sites for hydroxylation is 2. The van der Waals surface area contributed by atoms with Gasteiger partial charge in [0.05, 0.1) is 6.61 Å². The number of hydrogen-bond donors (Lipinski definition) is 2. The van der Waals surface area contributed by atoms with Gasteiger partial charge in [0.2, 0.25) is 0 Å². The van der Waals surface area contributed by atoms with Crippen molar-refractivity contribution in [2.45, 2.75) is 19.9 Å². The van der Waals surface area contributed by atoms with Crippen LogP contribution in [-0.4, -0.2) is 67.8 Å². The standard InChI is InChI=1S/C17H29N3O/c1-14-4-5-16(12-15(14)2)17(19(3)10-11-21)13-20-8-6-18-7-9-20/h4-5,12,17-18,21H,6-11,13H2,1-3H3. The third-order valence-electron chi connectivity index (χ3n) is 4.54. The molecule has 4 nitrogen and oxygen atoms in total. The third-order valence-corrected chi connectivity index (χ3v) is 4.54. The maximum atomic E-state index is 9.27. The van der Waals surface area contributed by atoms with Crippen molar-refractivity contribution >= 4 is 0 Å². The van der Waals surface area contributed by atoms with Gasteiger partial charge in [-0.25, -0.2) is 0 Å². The molecule has 0 saturated carbocycles. The van der Waals surface area contributed by atoms with Crippen molar-refractivity contribution in [2.75, 3.05) is 52.9 Å². The van der Waals surface area contributed by atoms with Crippen molar-refractivity contribution in [2.24, 2.45) is 0 Å². The number of nitrogens with zero attached hydrogens (tertiary/aromatic N) is 2. The summed E-state index contributed by atoms with van der Waals surface area (Å²) in [6.45, 7) is 10.6.